The van der Waals surface area contributed by atoms with Crippen LogP contribution < -0.4 is 16.4 Å². The number of halogens is 3. The molecule has 10 nitrogen and oxygen atoms in total. The molecule has 1 aromatic carbocycles. The molecule has 6 rings (SSSR count). The van der Waals surface area contributed by atoms with Gasteiger partial charge in [-0.15, -0.1) is 0 Å². The van der Waals surface area contributed by atoms with Crippen LogP contribution in [0, 0.1) is 5.82 Å². The maximum atomic E-state index is 15.0. The van der Waals surface area contributed by atoms with E-state index < -0.39 is 17.8 Å². The standard InChI is InChI=1S/C23H21F3N8O2/c24-16-5-12(15-8-34(14-2-3-14)21-19(15)20(27)28-11-29-21)1-4-17(16)30-22(35)31-18-6-13(32-36-18)7-33-9-23(25,26)10-33/h1,4-6,8,11,14H,2-3,7,9-10H2,(H2,27,28,29)(H2,30,31,35). The van der Waals surface area contributed by atoms with Crippen LogP contribution in [0.15, 0.2) is 41.3 Å². The highest BCUT2D eigenvalue weighted by atomic mass is 19.3. The van der Waals surface area contributed by atoms with Crippen LogP contribution in [0.25, 0.3) is 22.2 Å². The normalized spacial score (nSPS) is 17.2. The number of anilines is 3. The molecule has 0 unspecified atom stereocenters. The van der Waals surface area contributed by atoms with Gasteiger partial charge in [-0.1, -0.05) is 11.2 Å². The number of urea groups is 1. The zero-order chi connectivity index (χ0) is 25.0. The minimum atomic E-state index is -2.68. The molecular weight excluding hydrogens is 477 g/mol. The van der Waals surface area contributed by atoms with Crippen LogP contribution in [0.1, 0.15) is 24.6 Å². The Bertz CT molecular complexity index is 1470. The molecule has 2 aliphatic rings. The first-order valence-corrected chi connectivity index (χ1v) is 11.3. The van der Waals surface area contributed by atoms with Gasteiger partial charge in [-0.3, -0.25) is 10.2 Å². The van der Waals surface area contributed by atoms with Crippen LogP contribution in [-0.4, -0.2) is 49.6 Å². The average Bonchev–Trinajstić information content (AvgIpc) is 3.43. The average molecular weight is 498 g/mol. The SMILES string of the molecule is Nc1ncnc2c1c(-c1ccc(NC(=O)Nc3cc(CN4CC(F)(F)C4)no3)c(F)c1)cn2C1CC1. The highest BCUT2D eigenvalue weighted by Gasteiger charge is 2.43. The number of benzene rings is 1. The third-order valence-electron chi connectivity index (χ3n) is 6.20. The molecule has 1 aliphatic heterocycles. The number of nitrogen functional groups attached to an aromatic ring is 1. The van der Waals surface area contributed by atoms with Gasteiger partial charge in [0.2, 0.25) is 5.88 Å². The molecule has 3 aromatic heterocycles. The van der Waals surface area contributed by atoms with Gasteiger partial charge < -0.3 is 20.1 Å². The fourth-order valence-corrected chi connectivity index (χ4v) is 4.40. The molecule has 1 saturated carbocycles. The lowest BCUT2D eigenvalue weighted by Gasteiger charge is -2.37. The Morgan fingerprint density at radius 3 is 2.72 bits per heavy atom. The molecule has 0 spiro atoms. The second kappa shape index (κ2) is 8.22. The number of nitrogens with two attached hydrogens (primary N) is 1. The van der Waals surface area contributed by atoms with Gasteiger partial charge in [0, 0.05) is 30.4 Å². The number of hydrogen-bond donors (Lipinski definition) is 3. The monoisotopic (exact) mass is 498 g/mol. The number of aromatic nitrogens is 4. The molecule has 4 N–H and O–H groups in total. The lowest BCUT2D eigenvalue weighted by Crippen LogP contribution is -2.55. The van der Waals surface area contributed by atoms with E-state index in [-0.39, 0.29) is 31.2 Å². The van der Waals surface area contributed by atoms with Gasteiger partial charge in [-0.2, -0.15) is 0 Å². The first-order valence-electron chi connectivity index (χ1n) is 11.3. The first kappa shape index (κ1) is 22.3. The predicted octanol–water partition coefficient (Wildman–Crippen LogP) is 4.24. The van der Waals surface area contributed by atoms with Gasteiger partial charge in [0.25, 0.3) is 5.92 Å². The highest BCUT2D eigenvalue weighted by Crippen LogP contribution is 2.42. The van der Waals surface area contributed by atoms with Gasteiger partial charge in [0.15, 0.2) is 0 Å². The number of alkyl halides is 2. The number of nitrogens with zero attached hydrogens (tertiary/aromatic N) is 5. The van der Waals surface area contributed by atoms with Gasteiger partial charge in [-0.05, 0) is 30.5 Å². The summed E-state index contributed by atoms with van der Waals surface area (Å²) in [6.07, 6.45) is 5.40. The molecule has 13 heteroatoms. The number of hydrogen-bond acceptors (Lipinski definition) is 7. The third kappa shape index (κ3) is 4.21. The summed E-state index contributed by atoms with van der Waals surface area (Å²) in [4.78, 5) is 22.3. The van der Waals surface area contributed by atoms with Crippen molar-refractivity contribution in [1.29, 1.82) is 0 Å². The van der Waals surface area contributed by atoms with Crippen LogP contribution in [0.3, 0.4) is 0 Å². The molecule has 4 aromatic rings. The summed E-state index contributed by atoms with van der Waals surface area (Å²) in [5, 5.41) is 9.26. The van der Waals surface area contributed by atoms with Gasteiger partial charge in [-0.25, -0.2) is 27.9 Å². The topological polar surface area (TPSA) is 127 Å². The zero-order valence-electron chi connectivity index (χ0n) is 18.8. The second-order valence-corrected chi connectivity index (χ2v) is 9.10. The van der Waals surface area contributed by atoms with Crippen LogP contribution in [-0.2, 0) is 6.54 Å². The highest BCUT2D eigenvalue weighted by molar-refractivity contribution is 6.02. The Morgan fingerprint density at radius 1 is 1.19 bits per heavy atom. The van der Waals surface area contributed by atoms with Crippen molar-refractivity contribution in [1.82, 2.24) is 24.6 Å². The molecule has 1 aliphatic carbocycles. The molecule has 0 bridgehead atoms. The molecule has 2 amide bonds. The zero-order valence-corrected chi connectivity index (χ0v) is 18.8. The number of carbonyl (C=O) groups excluding carboxylic acids is 1. The Labute approximate surface area is 202 Å². The van der Waals surface area contributed by atoms with Crippen molar-refractivity contribution in [2.45, 2.75) is 31.4 Å². The molecule has 36 heavy (non-hydrogen) atoms. The smallest absolute Gasteiger partial charge is 0.326 e. The van der Waals surface area contributed by atoms with Crippen molar-refractivity contribution >= 4 is 34.5 Å². The second-order valence-electron chi connectivity index (χ2n) is 9.10. The fourth-order valence-electron chi connectivity index (χ4n) is 4.40. The number of nitrogens with one attached hydrogen (secondary N) is 2. The third-order valence-corrected chi connectivity index (χ3v) is 6.20. The van der Waals surface area contributed by atoms with Crippen molar-refractivity contribution in [2.24, 2.45) is 0 Å². The number of amides is 2. The Morgan fingerprint density at radius 2 is 2.00 bits per heavy atom. The Hall–Kier alpha value is -4.13. The molecule has 186 valence electrons. The lowest BCUT2D eigenvalue weighted by atomic mass is 10.1. The minimum absolute atomic E-state index is 0.00942. The maximum Gasteiger partial charge on any atom is 0.326 e. The van der Waals surface area contributed by atoms with Crippen LogP contribution in [0.4, 0.5) is 35.4 Å². The summed E-state index contributed by atoms with van der Waals surface area (Å²) in [7, 11) is 0. The predicted molar refractivity (Wildman–Crippen MR) is 125 cm³/mol. The number of rotatable bonds is 6. The molecule has 2 fully saturated rings. The van der Waals surface area contributed by atoms with E-state index in [1.54, 1.807) is 6.07 Å². The van der Waals surface area contributed by atoms with E-state index >= 15 is 0 Å². The maximum absolute atomic E-state index is 15.0. The van der Waals surface area contributed by atoms with E-state index in [0.29, 0.717) is 39.7 Å². The van der Waals surface area contributed by atoms with Gasteiger partial charge in [0.05, 0.1) is 29.9 Å². The summed E-state index contributed by atoms with van der Waals surface area (Å²) in [5.74, 6) is -3.01. The van der Waals surface area contributed by atoms with Crippen molar-refractivity contribution in [2.75, 3.05) is 29.5 Å². The molecule has 0 atom stereocenters. The van der Waals surface area contributed by atoms with Gasteiger partial charge >= 0.3 is 6.03 Å². The molecule has 0 radical (unpaired) electrons. The van der Waals surface area contributed by atoms with Crippen LogP contribution in [0.5, 0.6) is 0 Å². The Balaban J connectivity index is 1.15. The lowest BCUT2D eigenvalue weighted by molar-refractivity contribution is -0.134. The van der Waals surface area contributed by atoms with Crippen molar-refractivity contribution in [3.63, 3.8) is 0 Å². The first-order chi connectivity index (χ1) is 17.3. The van der Waals surface area contributed by atoms with Crippen molar-refractivity contribution < 1.29 is 22.5 Å². The number of carbonyl (C=O) groups is 1. The van der Waals surface area contributed by atoms with Crippen molar-refractivity contribution in [3.05, 3.63) is 48.3 Å². The van der Waals surface area contributed by atoms with Crippen LogP contribution >= 0.6 is 0 Å². The summed E-state index contributed by atoms with van der Waals surface area (Å²) >= 11 is 0. The summed E-state index contributed by atoms with van der Waals surface area (Å²) in [5.41, 5.74) is 8.44. The largest absolute Gasteiger partial charge is 0.383 e. The Kier molecular flexibility index (Phi) is 5.10. The molecule has 1 saturated heterocycles. The number of likely N-dealkylation sites (tertiary alicyclic amines) is 1. The van der Waals surface area contributed by atoms with E-state index in [2.05, 4.69) is 25.8 Å². The quantitative estimate of drug-likeness (QED) is 0.363. The van der Waals surface area contributed by atoms with Crippen molar-refractivity contribution in [3.8, 4) is 11.1 Å². The van der Waals surface area contributed by atoms with E-state index in [1.165, 1.54) is 29.4 Å². The van der Waals surface area contributed by atoms with E-state index in [0.717, 1.165) is 12.8 Å². The molecular formula is C23H21F3N8O2. The van der Waals surface area contributed by atoms with Gasteiger partial charge in [0.1, 0.15) is 23.6 Å². The van der Waals surface area contributed by atoms with E-state index in [9.17, 15) is 18.0 Å². The van der Waals surface area contributed by atoms with E-state index in [4.69, 9.17) is 10.3 Å². The fraction of sp³-hybridized carbons (Fsp3) is 0.304. The van der Waals surface area contributed by atoms with E-state index in [1.807, 2.05) is 10.8 Å². The summed E-state index contributed by atoms with van der Waals surface area (Å²) < 4.78 is 47.9. The molecule has 4 heterocycles. The van der Waals surface area contributed by atoms with Crippen LogP contribution in [0.2, 0.25) is 0 Å². The summed E-state index contributed by atoms with van der Waals surface area (Å²) in [6.45, 7) is -0.524. The summed E-state index contributed by atoms with van der Waals surface area (Å²) in [6, 6.07) is 5.45. The number of fused-ring (bicyclic) bond motifs is 1. The minimum Gasteiger partial charge on any atom is -0.383 e.